The van der Waals surface area contributed by atoms with Crippen LogP contribution in [0, 0.1) is 0 Å². The molecule has 4 nitrogen and oxygen atoms in total. The number of hydrogen-bond acceptors (Lipinski definition) is 4. The summed E-state index contributed by atoms with van der Waals surface area (Å²) in [6.07, 6.45) is 4.87. The Morgan fingerprint density at radius 3 is 2.37 bits per heavy atom. The summed E-state index contributed by atoms with van der Waals surface area (Å²) in [5.41, 5.74) is 2.23. The number of rotatable bonds is 14. The molecule has 0 aromatic heterocycles. The molecule has 0 amide bonds. The zero-order valence-electron chi connectivity index (χ0n) is 16.7. The molecule has 0 fully saturated rings. The van der Waals surface area contributed by atoms with Crippen LogP contribution in [0.3, 0.4) is 0 Å². The van der Waals surface area contributed by atoms with Crippen LogP contribution in [-0.4, -0.2) is 26.4 Å². The van der Waals surface area contributed by atoms with Crippen LogP contribution in [0.1, 0.15) is 45.1 Å². The summed E-state index contributed by atoms with van der Waals surface area (Å²) in [7, 11) is 0. The highest BCUT2D eigenvalue weighted by Crippen LogP contribution is 2.20. The zero-order valence-corrected chi connectivity index (χ0v) is 16.7. The maximum Gasteiger partial charge on any atom is 0.121 e. The monoisotopic (exact) mass is 371 g/mol. The Balaban J connectivity index is 1.78. The quantitative estimate of drug-likeness (QED) is 0.434. The Morgan fingerprint density at radius 2 is 1.56 bits per heavy atom. The van der Waals surface area contributed by atoms with Crippen LogP contribution < -0.4 is 14.8 Å². The molecule has 0 atom stereocenters. The summed E-state index contributed by atoms with van der Waals surface area (Å²) in [6.45, 7) is 7.63. The third-order valence-corrected chi connectivity index (χ3v) is 4.20. The second kappa shape index (κ2) is 13.0. The van der Waals surface area contributed by atoms with Crippen molar-refractivity contribution in [2.24, 2.45) is 0 Å². The summed E-state index contributed by atoms with van der Waals surface area (Å²) in [5, 5.41) is 3.46. The second-order valence-electron chi connectivity index (χ2n) is 6.48. The van der Waals surface area contributed by atoms with Crippen molar-refractivity contribution in [3.63, 3.8) is 0 Å². The summed E-state index contributed by atoms with van der Waals surface area (Å²) >= 11 is 0. The van der Waals surface area contributed by atoms with Crippen LogP contribution in [0.4, 0.5) is 5.69 Å². The lowest BCUT2D eigenvalue weighted by atomic mass is 10.2. The predicted molar refractivity (Wildman–Crippen MR) is 112 cm³/mol. The molecule has 0 aliphatic heterocycles. The molecule has 0 bridgehead atoms. The van der Waals surface area contributed by atoms with Gasteiger partial charge in [0, 0.05) is 24.9 Å². The molecule has 2 rings (SSSR count). The molecule has 0 saturated heterocycles. The van der Waals surface area contributed by atoms with Gasteiger partial charge in [0.2, 0.25) is 0 Å². The van der Waals surface area contributed by atoms with Gasteiger partial charge < -0.3 is 19.5 Å². The first-order chi connectivity index (χ1) is 13.3. The summed E-state index contributed by atoms with van der Waals surface area (Å²) < 4.78 is 16.9. The molecular weight excluding hydrogens is 338 g/mol. The molecule has 0 spiro atoms. The van der Waals surface area contributed by atoms with Gasteiger partial charge in [-0.3, -0.25) is 0 Å². The van der Waals surface area contributed by atoms with Gasteiger partial charge in [-0.25, -0.2) is 0 Å². The lowest BCUT2D eigenvalue weighted by Crippen LogP contribution is -2.06. The molecule has 0 aliphatic carbocycles. The molecule has 1 N–H and O–H groups in total. The van der Waals surface area contributed by atoms with Gasteiger partial charge in [0.15, 0.2) is 0 Å². The zero-order chi connectivity index (χ0) is 19.2. The van der Waals surface area contributed by atoms with Gasteiger partial charge in [0.1, 0.15) is 18.1 Å². The van der Waals surface area contributed by atoms with E-state index in [0.717, 1.165) is 43.4 Å². The van der Waals surface area contributed by atoms with E-state index in [9.17, 15) is 0 Å². The molecule has 0 aliphatic rings. The van der Waals surface area contributed by atoms with E-state index < -0.39 is 0 Å². The number of anilines is 1. The number of nitrogens with one attached hydrogen (secondary N) is 1. The normalized spacial score (nSPS) is 10.6. The van der Waals surface area contributed by atoms with Crippen molar-refractivity contribution in [1.29, 1.82) is 0 Å². The van der Waals surface area contributed by atoms with Crippen LogP contribution in [0.2, 0.25) is 0 Å². The average Bonchev–Trinajstić information content (AvgIpc) is 2.70. The number of hydrogen-bond donors (Lipinski definition) is 1. The number of unbranched alkanes of at least 4 members (excludes halogenated alkanes) is 3. The number of ether oxygens (including phenoxy) is 3. The minimum atomic E-state index is 0.572. The topological polar surface area (TPSA) is 39.7 Å². The summed E-state index contributed by atoms with van der Waals surface area (Å²) in [4.78, 5) is 0. The van der Waals surface area contributed by atoms with E-state index in [4.69, 9.17) is 14.2 Å². The van der Waals surface area contributed by atoms with Crippen molar-refractivity contribution >= 4 is 5.69 Å². The molecule has 27 heavy (non-hydrogen) atoms. The summed E-state index contributed by atoms with van der Waals surface area (Å²) in [6, 6.07) is 16.3. The minimum Gasteiger partial charge on any atom is -0.494 e. The van der Waals surface area contributed by atoms with Crippen molar-refractivity contribution in [1.82, 2.24) is 0 Å². The first-order valence-corrected chi connectivity index (χ1v) is 10.1. The largest absolute Gasteiger partial charge is 0.494 e. The van der Waals surface area contributed by atoms with Gasteiger partial charge in [-0.1, -0.05) is 44.4 Å². The highest BCUT2D eigenvalue weighted by Gasteiger charge is 2.00. The lowest BCUT2D eigenvalue weighted by Gasteiger charge is -2.11. The molecule has 0 radical (unpaired) electrons. The van der Waals surface area contributed by atoms with E-state index in [-0.39, 0.29) is 0 Å². The smallest absolute Gasteiger partial charge is 0.121 e. The van der Waals surface area contributed by atoms with Crippen molar-refractivity contribution in [2.45, 2.75) is 46.1 Å². The Hall–Kier alpha value is -2.20. The molecule has 2 aromatic rings. The van der Waals surface area contributed by atoms with Gasteiger partial charge in [-0.2, -0.15) is 0 Å². The highest BCUT2D eigenvalue weighted by molar-refractivity contribution is 5.48. The molecule has 4 heteroatoms. The third-order valence-electron chi connectivity index (χ3n) is 4.20. The summed E-state index contributed by atoms with van der Waals surface area (Å²) in [5.74, 6) is 1.79. The van der Waals surface area contributed by atoms with Crippen molar-refractivity contribution in [3.8, 4) is 11.5 Å². The number of benzene rings is 2. The van der Waals surface area contributed by atoms with E-state index in [1.54, 1.807) is 0 Å². The van der Waals surface area contributed by atoms with Crippen LogP contribution >= 0.6 is 0 Å². The standard InChI is InChI=1S/C23H33NO3/c1-3-5-6-7-14-26-23-13-9-11-21(18-23)24-19-20-10-8-12-22(17-20)27-16-15-25-4-2/h8-13,17-18,24H,3-7,14-16,19H2,1-2H3. The van der Waals surface area contributed by atoms with E-state index in [1.807, 2.05) is 31.2 Å². The molecule has 0 heterocycles. The highest BCUT2D eigenvalue weighted by atomic mass is 16.5. The fourth-order valence-corrected chi connectivity index (χ4v) is 2.73. The van der Waals surface area contributed by atoms with Crippen LogP contribution in [-0.2, 0) is 11.3 Å². The second-order valence-corrected chi connectivity index (χ2v) is 6.48. The van der Waals surface area contributed by atoms with E-state index >= 15 is 0 Å². The van der Waals surface area contributed by atoms with Gasteiger partial charge in [-0.15, -0.1) is 0 Å². The van der Waals surface area contributed by atoms with Crippen LogP contribution in [0.15, 0.2) is 48.5 Å². The lowest BCUT2D eigenvalue weighted by molar-refractivity contribution is 0.110. The molecule has 148 valence electrons. The van der Waals surface area contributed by atoms with Crippen molar-refractivity contribution in [2.75, 3.05) is 31.7 Å². The minimum absolute atomic E-state index is 0.572. The average molecular weight is 372 g/mol. The van der Waals surface area contributed by atoms with Gasteiger partial charge in [-0.05, 0) is 43.2 Å². The van der Waals surface area contributed by atoms with Gasteiger partial charge in [0.05, 0.1) is 13.2 Å². The Labute approximate surface area is 163 Å². The fourth-order valence-electron chi connectivity index (χ4n) is 2.73. The molecule has 2 aromatic carbocycles. The first-order valence-electron chi connectivity index (χ1n) is 10.1. The van der Waals surface area contributed by atoms with Crippen LogP contribution in [0.25, 0.3) is 0 Å². The maximum atomic E-state index is 5.86. The fraction of sp³-hybridized carbons (Fsp3) is 0.478. The molecular formula is C23H33NO3. The Bertz CT molecular complexity index is 645. The van der Waals surface area contributed by atoms with Crippen LogP contribution in [0.5, 0.6) is 11.5 Å². The molecule has 0 saturated carbocycles. The van der Waals surface area contributed by atoms with Crippen molar-refractivity contribution < 1.29 is 14.2 Å². The van der Waals surface area contributed by atoms with E-state index in [1.165, 1.54) is 24.8 Å². The van der Waals surface area contributed by atoms with Gasteiger partial charge >= 0.3 is 0 Å². The maximum absolute atomic E-state index is 5.86. The predicted octanol–water partition coefficient (Wildman–Crippen LogP) is 5.67. The Morgan fingerprint density at radius 1 is 0.778 bits per heavy atom. The van der Waals surface area contributed by atoms with E-state index in [2.05, 4.69) is 36.5 Å². The molecule has 0 unspecified atom stereocenters. The van der Waals surface area contributed by atoms with Crippen molar-refractivity contribution in [3.05, 3.63) is 54.1 Å². The third kappa shape index (κ3) is 8.83. The first kappa shape index (κ1) is 21.1. The Kier molecular flexibility index (Phi) is 10.2. The SMILES string of the molecule is CCCCCCOc1cccc(NCc2cccc(OCCOCC)c2)c1. The van der Waals surface area contributed by atoms with E-state index in [0.29, 0.717) is 13.2 Å². The van der Waals surface area contributed by atoms with Gasteiger partial charge in [0.25, 0.3) is 0 Å².